The smallest absolute Gasteiger partial charge is 0.326 e. The summed E-state index contributed by atoms with van der Waals surface area (Å²) in [6.07, 6.45) is 0.676. The van der Waals surface area contributed by atoms with Gasteiger partial charge < -0.3 is 14.7 Å². The molecule has 1 heterocycles. The monoisotopic (exact) mass is 249 g/mol. The van der Waals surface area contributed by atoms with Crippen LogP contribution < -0.4 is 4.74 Å². The standard InChI is InChI=1S/C13H15NO4/c1-18-11-5-3-2-4-9(11)8-14-10(13(16)17)6-7-12(14)15/h2-5,10H,6-8H2,1H3,(H,16,17)/t10-/m0/s1. The van der Waals surface area contributed by atoms with Gasteiger partial charge in [-0.05, 0) is 12.5 Å². The number of carbonyl (C=O) groups is 2. The summed E-state index contributed by atoms with van der Waals surface area (Å²) >= 11 is 0. The van der Waals surface area contributed by atoms with Gasteiger partial charge in [0.15, 0.2) is 0 Å². The number of nitrogens with zero attached hydrogens (tertiary/aromatic N) is 1. The Morgan fingerprint density at radius 3 is 2.89 bits per heavy atom. The molecule has 1 aliphatic heterocycles. The molecule has 1 fully saturated rings. The minimum atomic E-state index is -0.948. The van der Waals surface area contributed by atoms with E-state index in [1.165, 1.54) is 4.90 Å². The van der Waals surface area contributed by atoms with E-state index in [1.807, 2.05) is 18.2 Å². The van der Waals surface area contributed by atoms with E-state index in [-0.39, 0.29) is 12.5 Å². The maximum absolute atomic E-state index is 11.7. The first kappa shape index (κ1) is 12.4. The molecule has 0 aromatic heterocycles. The lowest BCUT2D eigenvalue weighted by atomic mass is 10.1. The summed E-state index contributed by atoms with van der Waals surface area (Å²) in [5.74, 6) is -0.398. The van der Waals surface area contributed by atoms with Crippen molar-refractivity contribution in [3.63, 3.8) is 0 Å². The number of rotatable bonds is 4. The molecule has 0 bridgehead atoms. The Balaban J connectivity index is 2.21. The van der Waals surface area contributed by atoms with Crippen LogP contribution in [0, 0.1) is 0 Å². The molecule has 1 amide bonds. The molecule has 1 aliphatic rings. The van der Waals surface area contributed by atoms with Gasteiger partial charge in [0.2, 0.25) is 5.91 Å². The second-order valence-electron chi connectivity index (χ2n) is 4.23. The number of hydrogen-bond donors (Lipinski definition) is 1. The maximum atomic E-state index is 11.7. The highest BCUT2D eigenvalue weighted by Gasteiger charge is 2.36. The molecule has 0 radical (unpaired) electrons. The zero-order chi connectivity index (χ0) is 13.1. The van der Waals surface area contributed by atoms with Gasteiger partial charge in [-0.2, -0.15) is 0 Å². The summed E-state index contributed by atoms with van der Waals surface area (Å²) in [5, 5.41) is 9.08. The zero-order valence-corrected chi connectivity index (χ0v) is 10.1. The SMILES string of the molecule is COc1ccccc1CN1C(=O)CC[C@H]1C(=O)O. The molecule has 5 nitrogen and oxygen atoms in total. The van der Waals surface area contributed by atoms with Gasteiger partial charge in [-0.1, -0.05) is 18.2 Å². The van der Waals surface area contributed by atoms with Crippen molar-refractivity contribution in [2.24, 2.45) is 0 Å². The normalized spacial score (nSPS) is 19.1. The van der Waals surface area contributed by atoms with Gasteiger partial charge in [-0.15, -0.1) is 0 Å². The summed E-state index contributed by atoms with van der Waals surface area (Å²) < 4.78 is 5.20. The molecule has 2 rings (SSSR count). The predicted octanol–water partition coefficient (Wildman–Crippen LogP) is 1.27. The second kappa shape index (κ2) is 5.08. The number of para-hydroxylation sites is 1. The largest absolute Gasteiger partial charge is 0.496 e. The van der Waals surface area contributed by atoms with E-state index in [2.05, 4.69) is 0 Å². The number of amides is 1. The number of carboxylic acid groups (broad SMARTS) is 1. The van der Waals surface area contributed by atoms with Crippen molar-refractivity contribution in [3.05, 3.63) is 29.8 Å². The first-order chi connectivity index (χ1) is 8.63. The van der Waals surface area contributed by atoms with Gasteiger partial charge in [0, 0.05) is 12.0 Å². The van der Waals surface area contributed by atoms with E-state index in [1.54, 1.807) is 13.2 Å². The zero-order valence-electron chi connectivity index (χ0n) is 10.1. The summed E-state index contributed by atoms with van der Waals surface area (Å²) in [6.45, 7) is 0.278. The Kier molecular flexibility index (Phi) is 3.50. The number of carboxylic acids is 1. The third kappa shape index (κ3) is 2.30. The van der Waals surface area contributed by atoms with E-state index in [0.29, 0.717) is 18.6 Å². The molecule has 1 saturated heterocycles. The summed E-state index contributed by atoms with van der Waals surface area (Å²) in [7, 11) is 1.55. The van der Waals surface area contributed by atoms with E-state index in [0.717, 1.165) is 5.56 Å². The molecule has 0 unspecified atom stereocenters. The molecule has 0 spiro atoms. The van der Waals surface area contributed by atoms with Crippen LogP contribution in [0.25, 0.3) is 0 Å². The van der Waals surface area contributed by atoms with Crippen LogP contribution in [0.4, 0.5) is 0 Å². The van der Waals surface area contributed by atoms with Crippen LogP contribution in [0.1, 0.15) is 18.4 Å². The van der Waals surface area contributed by atoms with Crippen molar-refractivity contribution in [2.45, 2.75) is 25.4 Å². The Hall–Kier alpha value is -2.04. The molecule has 1 aromatic carbocycles. The van der Waals surface area contributed by atoms with Crippen molar-refractivity contribution < 1.29 is 19.4 Å². The number of benzene rings is 1. The molecule has 0 aliphatic carbocycles. The highest BCUT2D eigenvalue weighted by Crippen LogP contribution is 2.25. The molecular weight excluding hydrogens is 234 g/mol. The molecule has 0 saturated carbocycles. The number of methoxy groups -OCH3 is 1. The molecule has 1 atom stereocenters. The minimum absolute atomic E-state index is 0.117. The third-order valence-electron chi connectivity index (χ3n) is 3.15. The lowest BCUT2D eigenvalue weighted by Gasteiger charge is -2.22. The highest BCUT2D eigenvalue weighted by atomic mass is 16.5. The lowest BCUT2D eigenvalue weighted by molar-refractivity contribution is -0.146. The van der Waals surface area contributed by atoms with E-state index >= 15 is 0 Å². The van der Waals surface area contributed by atoms with Crippen LogP contribution >= 0.6 is 0 Å². The average molecular weight is 249 g/mol. The van der Waals surface area contributed by atoms with Gasteiger partial charge >= 0.3 is 5.97 Å². The summed E-state index contributed by atoms with van der Waals surface area (Å²) in [4.78, 5) is 24.2. The van der Waals surface area contributed by atoms with Gasteiger partial charge in [0.1, 0.15) is 11.8 Å². The molecule has 18 heavy (non-hydrogen) atoms. The van der Waals surface area contributed by atoms with Crippen molar-refractivity contribution in [1.29, 1.82) is 0 Å². The van der Waals surface area contributed by atoms with Crippen LogP contribution in [0.5, 0.6) is 5.75 Å². The number of likely N-dealkylation sites (tertiary alicyclic amines) is 1. The molecule has 1 N–H and O–H groups in total. The van der Waals surface area contributed by atoms with Crippen molar-refractivity contribution >= 4 is 11.9 Å². The van der Waals surface area contributed by atoms with Crippen LogP contribution in [0.3, 0.4) is 0 Å². The van der Waals surface area contributed by atoms with Gasteiger partial charge in [-0.25, -0.2) is 4.79 Å². The Labute approximate surface area is 105 Å². The molecular formula is C13H15NO4. The fourth-order valence-corrected chi connectivity index (χ4v) is 2.21. The molecule has 5 heteroatoms. The van der Waals surface area contributed by atoms with E-state index in [4.69, 9.17) is 9.84 Å². The quantitative estimate of drug-likeness (QED) is 0.872. The number of carbonyl (C=O) groups excluding carboxylic acids is 1. The minimum Gasteiger partial charge on any atom is -0.496 e. The van der Waals surface area contributed by atoms with Crippen LogP contribution in [-0.2, 0) is 16.1 Å². The van der Waals surface area contributed by atoms with Gasteiger partial charge in [0.05, 0.1) is 13.7 Å². The van der Waals surface area contributed by atoms with Gasteiger partial charge in [0.25, 0.3) is 0 Å². The Morgan fingerprint density at radius 1 is 1.50 bits per heavy atom. The van der Waals surface area contributed by atoms with Crippen molar-refractivity contribution in [2.75, 3.05) is 7.11 Å². The number of hydrogen-bond acceptors (Lipinski definition) is 3. The van der Waals surface area contributed by atoms with Crippen LogP contribution in [-0.4, -0.2) is 35.0 Å². The lowest BCUT2D eigenvalue weighted by Crippen LogP contribution is -2.37. The fraction of sp³-hybridized carbons (Fsp3) is 0.385. The first-order valence-corrected chi connectivity index (χ1v) is 5.77. The first-order valence-electron chi connectivity index (χ1n) is 5.77. The maximum Gasteiger partial charge on any atom is 0.326 e. The van der Waals surface area contributed by atoms with Crippen LogP contribution in [0.2, 0.25) is 0 Å². The summed E-state index contributed by atoms with van der Waals surface area (Å²) in [6, 6.07) is 6.59. The fourth-order valence-electron chi connectivity index (χ4n) is 2.21. The van der Waals surface area contributed by atoms with Crippen LogP contribution in [0.15, 0.2) is 24.3 Å². The Bertz CT molecular complexity index is 472. The van der Waals surface area contributed by atoms with Crippen molar-refractivity contribution in [1.82, 2.24) is 4.90 Å². The summed E-state index contributed by atoms with van der Waals surface area (Å²) in [5.41, 5.74) is 0.821. The van der Waals surface area contributed by atoms with Gasteiger partial charge in [-0.3, -0.25) is 4.79 Å². The number of ether oxygens (including phenoxy) is 1. The second-order valence-corrected chi connectivity index (χ2v) is 4.23. The van der Waals surface area contributed by atoms with E-state index in [9.17, 15) is 9.59 Å². The molecule has 96 valence electrons. The third-order valence-corrected chi connectivity index (χ3v) is 3.15. The van der Waals surface area contributed by atoms with E-state index < -0.39 is 12.0 Å². The predicted molar refractivity (Wildman–Crippen MR) is 64.2 cm³/mol. The Morgan fingerprint density at radius 2 is 2.22 bits per heavy atom. The average Bonchev–Trinajstić information content (AvgIpc) is 2.72. The van der Waals surface area contributed by atoms with Crippen molar-refractivity contribution in [3.8, 4) is 5.75 Å². The topological polar surface area (TPSA) is 66.8 Å². The number of aliphatic carboxylic acids is 1. The highest BCUT2D eigenvalue weighted by molar-refractivity contribution is 5.87. The molecule has 1 aromatic rings.